The maximum Gasteiger partial charge on any atom is 0.149 e. The SMILES string of the molecule is Cn1ccc(CNc2cncc(Cl)n2)n1. The second-order valence-corrected chi connectivity index (χ2v) is 3.45. The summed E-state index contributed by atoms with van der Waals surface area (Å²) >= 11 is 5.70. The number of aromatic nitrogens is 4. The minimum Gasteiger partial charge on any atom is -0.363 e. The Bertz CT molecular complexity index is 453. The van der Waals surface area contributed by atoms with Crippen molar-refractivity contribution in [3.05, 3.63) is 35.5 Å². The summed E-state index contributed by atoms with van der Waals surface area (Å²) in [5.74, 6) is 0.646. The Morgan fingerprint density at radius 2 is 2.33 bits per heavy atom. The van der Waals surface area contributed by atoms with Crippen molar-refractivity contribution in [1.29, 1.82) is 0 Å². The number of halogens is 1. The highest BCUT2D eigenvalue weighted by Gasteiger charge is 1.98. The molecule has 6 heteroatoms. The molecule has 2 aromatic rings. The molecule has 0 unspecified atom stereocenters. The lowest BCUT2D eigenvalue weighted by molar-refractivity contribution is 0.747. The summed E-state index contributed by atoms with van der Waals surface area (Å²) < 4.78 is 1.75. The molecule has 0 saturated carbocycles. The summed E-state index contributed by atoms with van der Waals surface area (Å²) in [5, 5.41) is 7.68. The van der Waals surface area contributed by atoms with Crippen molar-refractivity contribution in [3.63, 3.8) is 0 Å². The number of aryl methyl sites for hydroxylation is 1. The second kappa shape index (κ2) is 4.27. The van der Waals surface area contributed by atoms with Gasteiger partial charge in [0.25, 0.3) is 0 Å². The van der Waals surface area contributed by atoms with Crippen LogP contribution in [0.4, 0.5) is 5.82 Å². The third-order valence-corrected chi connectivity index (χ3v) is 2.01. The average Bonchev–Trinajstić information content (AvgIpc) is 2.62. The van der Waals surface area contributed by atoms with E-state index in [1.165, 1.54) is 6.20 Å². The summed E-state index contributed by atoms with van der Waals surface area (Å²) in [7, 11) is 1.88. The summed E-state index contributed by atoms with van der Waals surface area (Å²) in [5.41, 5.74) is 0.944. The summed E-state index contributed by atoms with van der Waals surface area (Å²) in [6, 6.07) is 1.94. The van der Waals surface area contributed by atoms with Gasteiger partial charge in [-0.3, -0.25) is 9.67 Å². The van der Waals surface area contributed by atoms with Gasteiger partial charge in [-0.2, -0.15) is 5.10 Å². The predicted molar refractivity (Wildman–Crippen MR) is 57.6 cm³/mol. The van der Waals surface area contributed by atoms with Crippen molar-refractivity contribution in [2.75, 3.05) is 5.32 Å². The van der Waals surface area contributed by atoms with Gasteiger partial charge in [-0.25, -0.2) is 4.98 Å². The van der Waals surface area contributed by atoms with E-state index in [4.69, 9.17) is 11.6 Å². The van der Waals surface area contributed by atoms with Crippen LogP contribution in [0.1, 0.15) is 5.69 Å². The van der Waals surface area contributed by atoms with Gasteiger partial charge in [0.15, 0.2) is 0 Å². The summed E-state index contributed by atoms with van der Waals surface area (Å²) in [6.45, 7) is 0.607. The van der Waals surface area contributed by atoms with Gasteiger partial charge in [0, 0.05) is 13.2 Å². The normalized spacial score (nSPS) is 10.3. The molecule has 78 valence electrons. The fourth-order valence-electron chi connectivity index (χ4n) is 1.17. The van der Waals surface area contributed by atoms with Crippen LogP contribution in [0.15, 0.2) is 24.7 Å². The van der Waals surface area contributed by atoms with E-state index in [-0.39, 0.29) is 0 Å². The monoisotopic (exact) mass is 223 g/mol. The van der Waals surface area contributed by atoms with Crippen molar-refractivity contribution in [3.8, 4) is 0 Å². The molecule has 2 aromatic heterocycles. The van der Waals surface area contributed by atoms with Gasteiger partial charge >= 0.3 is 0 Å². The molecule has 0 saturated heterocycles. The number of anilines is 1. The average molecular weight is 224 g/mol. The molecular weight excluding hydrogens is 214 g/mol. The van der Waals surface area contributed by atoms with Gasteiger partial charge in [0.05, 0.1) is 24.6 Å². The Kier molecular flexibility index (Phi) is 2.82. The Hall–Kier alpha value is -1.62. The van der Waals surface area contributed by atoms with E-state index >= 15 is 0 Å². The maximum atomic E-state index is 5.70. The molecule has 0 atom stereocenters. The van der Waals surface area contributed by atoms with Gasteiger partial charge in [0.1, 0.15) is 11.0 Å². The topological polar surface area (TPSA) is 55.6 Å². The largest absolute Gasteiger partial charge is 0.363 e. The zero-order valence-corrected chi connectivity index (χ0v) is 8.94. The molecule has 5 nitrogen and oxygen atoms in total. The lowest BCUT2D eigenvalue weighted by atomic mass is 10.4. The highest BCUT2D eigenvalue weighted by atomic mass is 35.5. The van der Waals surface area contributed by atoms with Crippen LogP contribution in [-0.4, -0.2) is 19.7 Å². The predicted octanol–water partition coefficient (Wildman–Crippen LogP) is 1.48. The first-order valence-electron chi connectivity index (χ1n) is 4.44. The van der Waals surface area contributed by atoms with Crippen molar-refractivity contribution >= 4 is 17.4 Å². The zero-order valence-electron chi connectivity index (χ0n) is 8.18. The molecule has 0 aliphatic carbocycles. The van der Waals surface area contributed by atoms with Crippen LogP contribution in [-0.2, 0) is 13.6 Å². The zero-order chi connectivity index (χ0) is 10.7. The van der Waals surface area contributed by atoms with Gasteiger partial charge in [-0.1, -0.05) is 11.6 Å². The Balaban J connectivity index is 1.99. The molecule has 15 heavy (non-hydrogen) atoms. The molecule has 0 spiro atoms. The first-order chi connectivity index (χ1) is 7.24. The van der Waals surface area contributed by atoms with Crippen LogP contribution in [0, 0.1) is 0 Å². The first kappa shape index (κ1) is 9.92. The van der Waals surface area contributed by atoms with E-state index < -0.39 is 0 Å². The van der Waals surface area contributed by atoms with Crippen LogP contribution in [0.25, 0.3) is 0 Å². The maximum absolute atomic E-state index is 5.70. The molecule has 0 aromatic carbocycles. The van der Waals surface area contributed by atoms with Crippen LogP contribution < -0.4 is 5.32 Å². The number of hydrogen-bond acceptors (Lipinski definition) is 4. The Morgan fingerprint density at radius 3 is 3.00 bits per heavy atom. The smallest absolute Gasteiger partial charge is 0.149 e. The third kappa shape index (κ3) is 2.66. The van der Waals surface area contributed by atoms with Crippen LogP contribution in [0.5, 0.6) is 0 Å². The summed E-state index contributed by atoms with van der Waals surface area (Å²) in [4.78, 5) is 7.97. The number of rotatable bonds is 3. The number of nitrogens with zero attached hydrogens (tertiary/aromatic N) is 4. The molecule has 0 radical (unpaired) electrons. The van der Waals surface area contributed by atoms with Crippen LogP contribution in [0.2, 0.25) is 5.15 Å². The highest BCUT2D eigenvalue weighted by molar-refractivity contribution is 6.29. The van der Waals surface area contributed by atoms with Crippen molar-refractivity contribution in [2.24, 2.45) is 7.05 Å². The summed E-state index contributed by atoms with van der Waals surface area (Å²) in [6.07, 6.45) is 5.00. The molecule has 0 amide bonds. The molecule has 2 heterocycles. The van der Waals surface area contributed by atoms with Crippen LogP contribution >= 0.6 is 11.6 Å². The van der Waals surface area contributed by atoms with Gasteiger partial charge in [-0.05, 0) is 6.07 Å². The van der Waals surface area contributed by atoms with Crippen molar-refractivity contribution < 1.29 is 0 Å². The van der Waals surface area contributed by atoms with E-state index in [9.17, 15) is 0 Å². The fraction of sp³-hybridized carbons (Fsp3) is 0.222. The van der Waals surface area contributed by atoms with E-state index in [1.54, 1.807) is 10.9 Å². The molecule has 2 rings (SSSR count). The van der Waals surface area contributed by atoms with Gasteiger partial charge in [0.2, 0.25) is 0 Å². The second-order valence-electron chi connectivity index (χ2n) is 3.06. The Labute approximate surface area is 92.1 Å². The minimum atomic E-state index is 0.376. The molecule has 1 N–H and O–H groups in total. The Morgan fingerprint density at radius 1 is 1.47 bits per heavy atom. The van der Waals surface area contributed by atoms with E-state index in [2.05, 4.69) is 20.4 Å². The lowest BCUT2D eigenvalue weighted by Gasteiger charge is -2.02. The molecule has 0 fully saturated rings. The van der Waals surface area contributed by atoms with Crippen molar-refractivity contribution in [1.82, 2.24) is 19.7 Å². The first-order valence-corrected chi connectivity index (χ1v) is 4.82. The van der Waals surface area contributed by atoms with Crippen molar-refractivity contribution in [2.45, 2.75) is 6.54 Å². The quantitative estimate of drug-likeness (QED) is 0.856. The third-order valence-electron chi connectivity index (χ3n) is 1.82. The lowest BCUT2D eigenvalue weighted by Crippen LogP contribution is -2.03. The molecule has 0 bridgehead atoms. The number of hydrogen-bond donors (Lipinski definition) is 1. The molecule has 0 aliphatic heterocycles. The molecular formula is C9H10ClN5. The standard InChI is InChI=1S/C9H10ClN5/c1-15-3-2-7(14-15)4-12-9-6-11-5-8(10)13-9/h2-3,5-6H,4H2,1H3,(H,12,13). The van der Waals surface area contributed by atoms with Gasteiger partial charge in [-0.15, -0.1) is 0 Å². The fourth-order valence-corrected chi connectivity index (χ4v) is 1.31. The van der Waals surface area contributed by atoms with E-state index in [0.717, 1.165) is 5.69 Å². The van der Waals surface area contributed by atoms with E-state index in [0.29, 0.717) is 17.5 Å². The van der Waals surface area contributed by atoms with Gasteiger partial charge < -0.3 is 5.32 Å². The molecule has 0 aliphatic rings. The van der Waals surface area contributed by atoms with E-state index in [1.807, 2.05) is 19.3 Å². The minimum absolute atomic E-state index is 0.376. The van der Waals surface area contributed by atoms with Crippen LogP contribution in [0.3, 0.4) is 0 Å². The number of nitrogens with one attached hydrogen (secondary N) is 1. The highest BCUT2D eigenvalue weighted by Crippen LogP contribution is 2.07.